The minimum absolute atomic E-state index is 0.0392. The lowest BCUT2D eigenvalue weighted by atomic mass is 10.2. The van der Waals surface area contributed by atoms with Gasteiger partial charge in [0.05, 0.1) is 13.1 Å². The number of amides is 1. The van der Waals surface area contributed by atoms with Gasteiger partial charge in [0.25, 0.3) is 0 Å². The van der Waals surface area contributed by atoms with Crippen molar-refractivity contribution in [3.63, 3.8) is 0 Å². The summed E-state index contributed by atoms with van der Waals surface area (Å²) in [5.41, 5.74) is 0. The molecule has 0 spiro atoms. The lowest BCUT2D eigenvalue weighted by molar-refractivity contribution is -0.120. The predicted molar refractivity (Wildman–Crippen MR) is 72.1 cm³/mol. The number of hydrogen-bond acceptors (Lipinski definition) is 3. The molecule has 1 rings (SSSR count). The largest absolute Gasteiger partial charge is 0.355 e. The highest BCUT2D eigenvalue weighted by molar-refractivity contribution is 5.77. The molecule has 5 heteroatoms. The van der Waals surface area contributed by atoms with Gasteiger partial charge in [0.2, 0.25) is 5.91 Å². The van der Waals surface area contributed by atoms with Crippen LogP contribution in [0, 0.1) is 5.92 Å². The Hall–Kier alpha value is -1.36. The normalized spacial score (nSPS) is 10.9. The Labute approximate surface area is 109 Å². The summed E-state index contributed by atoms with van der Waals surface area (Å²) in [5.74, 6) is 1.50. The van der Waals surface area contributed by atoms with Crippen LogP contribution in [-0.2, 0) is 17.9 Å². The number of aryl methyl sites for hydroxylation is 1. The SMILES string of the molecule is CCCn1ccnc1CNCC(=O)NCC(C)C. The standard InChI is InChI=1S/C13H24N4O/c1-4-6-17-7-5-15-12(17)9-14-10-13(18)16-8-11(2)3/h5,7,11,14H,4,6,8-10H2,1-3H3,(H,16,18). The van der Waals surface area contributed by atoms with Gasteiger partial charge in [-0.25, -0.2) is 4.98 Å². The molecule has 1 heterocycles. The number of rotatable bonds is 8. The van der Waals surface area contributed by atoms with E-state index in [0.717, 1.165) is 25.3 Å². The van der Waals surface area contributed by atoms with Crippen molar-refractivity contribution < 1.29 is 4.79 Å². The summed E-state index contributed by atoms with van der Waals surface area (Å²) in [6.45, 7) is 8.95. The molecule has 0 saturated carbocycles. The van der Waals surface area contributed by atoms with Crippen LogP contribution in [0.1, 0.15) is 33.0 Å². The van der Waals surface area contributed by atoms with Gasteiger partial charge < -0.3 is 15.2 Å². The number of imidazole rings is 1. The van der Waals surface area contributed by atoms with Gasteiger partial charge in [0.1, 0.15) is 5.82 Å². The lowest BCUT2D eigenvalue weighted by Gasteiger charge is -2.09. The molecule has 0 aliphatic heterocycles. The van der Waals surface area contributed by atoms with Crippen LogP contribution in [0.25, 0.3) is 0 Å². The molecule has 1 aromatic rings. The van der Waals surface area contributed by atoms with Crippen molar-refractivity contribution in [2.24, 2.45) is 5.92 Å². The zero-order valence-electron chi connectivity index (χ0n) is 11.6. The molecule has 18 heavy (non-hydrogen) atoms. The predicted octanol–water partition coefficient (Wildman–Crippen LogP) is 1.15. The monoisotopic (exact) mass is 252 g/mol. The van der Waals surface area contributed by atoms with Crippen LogP contribution >= 0.6 is 0 Å². The second-order valence-corrected chi connectivity index (χ2v) is 4.84. The highest BCUT2D eigenvalue weighted by Crippen LogP contribution is 1.98. The molecule has 0 atom stereocenters. The molecular weight excluding hydrogens is 228 g/mol. The molecule has 1 amide bonds. The van der Waals surface area contributed by atoms with E-state index in [1.807, 2.05) is 6.20 Å². The Kier molecular flexibility index (Phi) is 6.43. The maximum absolute atomic E-state index is 11.5. The maximum atomic E-state index is 11.5. The molecule has 0 fully saturated rings. The summed E-state index contributed by atoms with van der Waals surface area (Å²) in [5, 5.41) is 5.99. The van der Waals surface area contributed by atoms with Gasteiger partial charge in [-0.1, -0.05) is 20.8 Å². The van der Waals surface area contributed by atoms with Crippen molar-refractivity contribution in [2.75, 3.05) is 13.1 Å². The van der Waals surface area contributed by atoms with Crippen LogP contribution in [0.15, 0.2) is 12.4 Å². The number of carbonyl (C=O) groups excluding carboxylic acids is 1. The van der Waals surface area contributed by atoms with Gasteiger partial charge in [-0.2, -0.15) is 0 Å². The van der Waals surface area contributed by atoms with E-state index in [0.29, 0.717) is 19.0 Å². The zero-order valence-corrected chi connectivity index (χ0v) is 11.6. The van der Waals surface area contributed by atoms with E-state index >= 15 is 0 Å². The fourth-order valence-corrected chi connectivity index (χ4v) is 1.62. The van der Waals surface area contributed by atoms with Crippen molar-refractivity contribution in [1.82, 2.24) is 20.2 Å². The molecule has 102 valence electrons. The lowest BCUT2D eigenvalue weighted by Crippen LogP contribution is -2.35. The number of nitrogens with one attached hydrogen (secondary N) is 2. The van der Waals surface area contributed by atoms with E-state index in [2.05, 4.69) is 41.0 Å². The number of aromatic nitrogens is 2. The van der Waals surface area contributed by atoms with Gasteiger partial charge in [0.15, 0.2) is 0 Å². The van der Waals surface area contributed by atoms with E-state index in [1.165, 1.54) is 0 Å². The molecule has 0 radical (unpaired) electrons. The van der Waals surface area contributed by atoms with Crippen LogP contribution in [0.4, 0.5) is 0 Å². The number of carbonyl (C=O) groups is 1. The topological polar surface area (TPSA) is 59.0 Å². The first-order valence-corrected chi connectivity index (χ1v) is 6.61. The van der Waals surface area contributed by atoms with E-state index in [9.17, 15) is 4.79 Å². The Bertz CT molecular complexity index is 360. The van der Waals surface area contributed by atoms with Gasteiger partial charge in [-0.05, 0) is 12.3 Å². The molecule has 0 aliphatic rings. The smallest absolute Gasteiger partial charge is 0.233 e. The minimum Gasteiger partial charge on any atom is -0.355 e. The summed E-state index contributed by atoms with van der Waals surface area (Å²) < 4.78 is 2.11. The van der Waals surface area contributed by atoms with Crippen molar-refractivity contribution in [3.05, 3.63) is 18.2 Å². The average molecular weight is 252 g/mol. The maximum Gasteiger partial charge on any atom is 0.233 e. The fraction of sp³-hybridized carbons (Fsp3) is 0.692. The molecule has 1 aromatic heterocycles. The third kappa shape index (κ3) is 5.31. The van der Waals surface area contributed by atoms with Gasteiger partial charge in [0, 0.05) is 25.5 Å². The van der Waals surface area contributed by atoms with Crippen LogP contribution in [-0.4, -0.2) is 28.5 Å². The van der Waals surface area contributed by atoms with Crippen LogP contribution < -0.4 is 10.6 Å². The molecule has 0 aliphatic carbocycles. The van der Waals surface area contributed by atoms with Gasteiger partial charge >= 0.3 is 0 Å². The summed E-state index contributed by atoms with van der Waals surface area (Å²) in [4.78, 5) is 15.8. The van der Waals surface area contributed by atoms with E-state index in [-0.39, 0.29) is 5.91 Å². The number of hydrogen-bond donors (Lipinski definition) is 2. The molecular formula is C13H24N4O. The third-order valence-electron chi connectivity index (χ3n) is 2.54. The van der Waals surface area contributed by atoms with E-state index in [4.69, 9.17) is 0 Å². The highest BCUT2D eigenvalue weighted by atomic mass is 16.1. The first kappa shape index (κ1) is 14.7. The van der Waals surface area contributed by atoms with E-state index < -0.39 is 0 Å². The fourth-order valence-electron chi connectivity index (χ4n) is 1.62. The Balaban J connectivity index is 2.24. The first-order chi connectivity index (χ1) is 8.63. The summed E-state index contributed by atoms with van der Waals surface area (Å²) in [6, 6.07) is 0. The van der Waals surface area contributed by atoms with Crippen LogP contribution in [0.2, 0.25) is 0 Å². The van der Waals surface area contributed by atoms with Crippen LogP contribution in [0.5, 0.6) is 0 Å². The number of nitrogens with zero attached hydrogens (tertiary/aromatic N) is 2. The molecule has 0 aromatic carbocycles. The average Bonchev–Trinajstić information content (AvgIpc) is 2.75. The third-order valence-corrected chi connectivity index (χ3v) is 2.54. The molecule has 2 N–H and O–H groups in total. The van der Waals surface area contributed by atoms with E-state index in [1.54, 1.807) is 6.20 Å². The minimum atomic E-state index is 0.0392. The van der Waals surface area contributed by atoms with Crippen molar-refractivity contribution in [1.29, 1.82) is 0 Å². The first-order valence-electron chi connectivity index (χ1n) is 6.61. The Morgan fingerprint density at radius 2 is 2.28 bits per heavy atom. The van der Waals surface area contributed by atoms with Crippen molar-refractivity contribution in [3.8, 4) is 0 Å². The molecule has 0 bridgehead atoms. The highest BCUT2D eigenvalue weighted by Gasteiger charge is 2.04. The molecule has 5 nitrogen and oxygen atoms in total. The van der Waals surface area contributed by atoms with Gasteiger partial charge in [-0.15, -0.1) is 0 Å². The second kappa shape index (κ2) is 7.87. The molecule has 0 unspecified atom stereocenters. The molecule has 0 saturated heterocycles. The van der Waals surface area contributed by atoms with Crippen LogP contribution in [0.3, 0.4) is 0 Å². The Morgan fingerprint density at radius 3 is 2.94 bits per heavy atom. The zero-order chi connectivity index (χ0) is 13.4. The summed E-state index contributed by atoms with van der Waals surface area (Å²) in [6.07, 6.45) is 4.85. The Morgan fingerprint density at radius 1 is 1.50 bits per heavy atom. The van der Waals surface area contributed by atoms with Crippen molar-refractivity contribution >= 4 is 5.91 Å². The van der Waals surface area contributed by atoms with Gasteiger partial charge in [-0.3, -0.25) is 4.79 Å². The second-order valence-electron chi connectivity index (χ2n) is 4.84. The summed E-state index contributed by atoms with van der Waals surface area (Å²) in [7, 11) is 0. The summed E-state index contributed by atoms with van der Waals surface area (Å²) >= 11 is 0. The van der Waals surface area contributed by atoms with Crippen molar-refractivity contribution in [2.45, 2.75) is 40.3 Å². The quantitative estimate of drug-likeness (QED) is 0.730.